The van der Waals surface area contributed by atoms with Crippen LogP contribution in [-0.4, -0.2) is 11.3 Å². The van der Waals surface area contributed by atoms with E-state index in [2.05, 4.69) is 45.4 Å². The first kappa shape index (κ1) is 15.0. The molecule has 1 heterocycles. The molecule has 0 amide bonds. The molecule has 0 unspecified atom stereocenters. The second kappa shape index (κ2) is 5.83. The largest absolute Gasteiger partial charge is 0.275 e. The molecule has 1 radical (unpaired) electrons. The summed E-state index contributed by atoms with van der Waals surface area (Å²) < 4.78 is 4.15. The third kappa shape index (κ3) is 2.24. The number of hydrogen-bond acceptors (Lipinski definition) is 1. The third-order valence-corrected chi connectivity index (χ3v) is 5.33. The van der Waals surface area contributed by atoms with Crippen LogP contribution < -0.4 is 15.8 Å². The van der Waals surface area contributed by atoms with Gasteiger partial charge in [0.05, 0.1) is 19.8 Å². The van der Waals surface area contributed by atoms with Crippen LogP contribution in [0.4, 0.5) is 0 Å². The summed E-state index contributed by atoms with van der Waals surface area (Å²) in [5, 5.41) is 12.6. The summed E-state index contributed by atoms with van der Waals surface area (Å²) in [6.45, 7) is -0.243. The van der Waals surface area contributed by atoms with Crippen molar-refractivity contribution in [1.82, 2.24) is 4.57 Å². The van der Waals surface area contributed by atoms with Crippen LogP contribution in [0.2, 0.25) is 0 Å². The second-order valence-corrected chi connectivity index (χ2v) is 6.80. The lowest BCUT2D eigenvalue weighted by Gasteiger charge is -2.29. The summed E-state index contributed by atoms with van der Waals surface area (Å²) in [6, 6.07) is 10.9. The lowest BCUT2D eigenvalue weighted by molar-refractivity contribution is -0.653. The number of rotatable bonds is 2. The zero-order chi connectivity index (χ0) is 16.7. The van der Waals surface area contributed by atoms with Crippen molar-refractivity contribution in [3.05, 3.63) is 53.9 Å². The van der Waals surface area contributed by atoms with Crippen LogP contribution in [0, 0.1) is 11.2 Å². The van der Waals surface area contributed by atoms with E-state index in [0.29, 0.717) is 0 Å². The Kier molecular flexibility index (Phi) is 3.65. The van der Waals surface area contributed by atoms with Gasteiger partial charge in [0.25, 0.3) is 0 Å². The van der Waals surface area contributed by atoms with Gasteiger partial charge in [-0.15, -0.1) is 0 Å². The second-order valence-electron chi connectivity index (χ2n) is 6.80. The molecule has 119 valence electrons. The minimum Gasteiger partial charge on any atom is -0.275 e. The van der Waals surface area contributed by atoms with Crippen molar-refractivity contribution in [3.63, 3.8) is 0 Å². The number of fused-ring (bicyclic) bond motifs is 2. The van der Waals surface area contributed by atoms with E-state index < -0.39 is 0 Å². The number of aromatic nitrogens is 2. The van der Waals surface area contributed by atoms with Crippen LogP contribution in [0.1, 0.15) is 24.0 Å². The molecule has 1 aromatic heterocycles. The van der Waals surface area contributed by atoms with Gasteiger partial charge in [0.2, 0.25) is 0 Å². The van der Waals surface area contributed by atoms with Crippen molar-refractivity contribution in [1.29, 1.82) is 5.26 Å². The lowest BCUT2D eigenvalue weighted by atomic mass is 9.43. The van der Waals surface area contributed by atoms with Crippen LogP contribution in [0.5, 0.6) is 0 Å². The minimum absolute atomic E-state index is 0.243. The fourth-order valence-corrected chi connectivity index (χ4v) is 4.20. The van der Waals surface area contributed by atoms with Gasteiger partial charge in [-0.2, -0.15) is 5.97 Å². The molecule has 0 saturated carbocycles. The molecule has 0 atom stereocenters. The maximum Gasteiger partial charge on any atom is 0.153 e. The molecule has 2 aromatic carbocycles. The molecule has 1 aliphatic rings. The Balaban J connectivity index is 2.06. The van der Waals surface area contributed by atoms with Gasteiger partial charge in [-0.3, -0.25) is 14.4 Å². The number of benzene rings is 2. The summed E-state index contributed by atoms with van der Waals surface area (Å²) in [5.41, 5.74) is 5.11. The Morgan fingerprint density at radius 1 is 1.21 bits per heavy atom. The molecular formula is C20H21BN3. The Bertz CT molecular complexity index is 945. The predicted molar refractivity (Wildman–Crippen MR) is 97.8 cm³/mol. The van der Waals surface area contributed by atoms with E-state index in [1.807, 2.05) is 26.5 Å². The zero-order valence-electron chi connectivity index (χ0n) is 14.3. The first-order valence-electron chi connectivity index (χ1n) is 8.64. The van der Waals surface area contributed by atoms with Crippen LogP contribution in [0.15, 0.2) is 42.7 Å². The molecule has 0 saturated heterocycles. The average molecular weight is 314 g/mol. The van der Waals surface area contributed by atoms with Crippen molar-refractivity contribution in [2.75, 3.05) is 0 Å². The number of aryl methyl sites for hydroxylation is 3. The molecule has 24 heavy (non-hydrogen) atoms. The van der Waals surface area contributed by atoms with E-state index in [1.165, 1.54) is 40.2 Å². The van der Waals surface area contributed by atoms with E-state index >= 15 is 0 Å². The standard InChI is InChI=1S/C20H21BN3/c1-23-11-12-24(2)20(23)21(14-22)19-17-9-5-3-7-15(17)13-16-8-4-6-10-18(16)19/h3,5,7,9,11-13H,4,6,8,10H2,1-2H3. The number of nitriles is 1. The molecule has 3 aromatic rings. The fourth-order valence-electron chi connectivity index (χ4n) is 4.20. The average Bonchev–Trinajstić information content (AvgIpc) is 2.94. The Morgan fingerprint density at radius 2 is 2.00 bits per heavy atom. The Morgan fingerprint density at radius 3 is 2.75 bits per heavy atom. The summed E-state index contributed by atoms with van der Waals surface area (Å²) in [7, 11) is 4.05. The summed E-state index contributed by atoms with van der Waals surface area (Å²) >= 11 is 0. The molecule has 4 heteroatoms. The SMILES string of the molecule is Cn1cc[n+](C)c1[B-](C#N)c1c2c(cc3ccccc13)CCCC2. The highest BCUT2D eigenvalue weighted by Crippen LogP contribution is 2.25. The van der Waals surface area contributed by atoms with E-state index in [9.17, 15) is 5.26 Å². The first-order valence-corrected chi connectivity index (χ1v) is 8.64. The van der Waals surface area contributed by atoms with E-state index in [1.54, 1.807) is 0 Å². The van der Waals surface area contributed by atoms with Gasteiger partial charge in [-0.05, 0) is 36.6 Å². The molecule has 0 spiro atoms. The molecule has 4 rings (SSSR count). The van der Waals surface area contributed by atoms with Crippen molar-refractivity contribution in [3.8, 4) is 5.97 Å². The maximum absolute atomic E-state index is 10.1. The van der Waals surface area contributed by atoms with Crippen molar-refractivity contribution < 1.29 is 4.57 Å². The highest BCUT2D eigenvalue weighted by Gasteiger charge is 2.23. The molecule has 0 aliphatic heterocycles. The van der Waals surface area contributed by atoms with Crippen LogP contribution >= 0.6 is 0 Å². The normalized spacial score (nSPS) is 13.9. The van der Waals surface area contributed by atoms with Gasteiger partial charge in [-0.25, -0.2) is 5.46 Å². The quantitative estimate of drug-likeness (QED) is 0.522. The molecule has 0 fully saturated rings. The summed E-state index contributed by atoms with van der Waals surface area (Å²) in [4.78, 5) is 0. The lowest BCUT2D eigenvalue weighted by Crippen LogP contribution is -2.60. The van der Waals surface area contributed by atoms with Crippen molar-refractivity contribution in [2.24, 2.45) is 14.1 Å². The third-order valence-electron chi connectivity index (χ3n) is 5.33. The monoisotopic (exact) mass is 314 g/mol. The Hall–Kier alpha value is -2.54. The van der Waals surface area contributed by atoms with Gasteiger partial charge < -0.3 is 0 Å². The number of hydrogen-bond donors (Lipinski definition) is 0. The smallest absolute Gasteiger partial charge is 0.153 e. The fraction of sp³-hybridized carbons (Fsp3) is 0.300. The number of imidazole rings is 1. The first-order chi connectivity index (χ1) is 11.7. The van der Waals surface area contributed by atoms with Crippen LogP contribution in [0.25, 0.3) is 10.8 Å². The summed E-state index contributed by atoms with van der Waals surface area (Å²) in [5.74, 6) is 2.60. The summed E-state index contributed by atoms with van der Waals surface area (Å²) in [6.07, 6.45) is 8.73. The van der Waals surface area contributed by atoms with E-state index in [0.717, 1.165) is 18.6 Å². The molecule has 0 N–H and O–H groups in total. The van der Waals surface area contributed by atoms with Crippen molar-refractivity contribution in [2.45, 2.75) is 25.7 Å². The highest BCUT2D eigenvalue weighted by atomic mass is 15.1. The van der Waals surface area contributed by atoms with Gasteiger partial charge in [0, 0.05) is 0 Å². The van der Waals surface area contributed by atoms with Gasteiger partial charge in [-0.1, -0.05) is 41.3 Å². The predicted octanol–water partition coefficient (Wildman–Crippen LogP) is 1.55. The Labute approximate surface area is 143 Å². The molecule has 3 nitrogen and oxygen atoms in total. The van der Waals surface area contributed by atoms with Crippen LogP contribution in [-0.2, 0) is 26.9 Å². The van der Waals surface area contributed by atoms with Gasteiger partial charge >= 0.3 is 0 Å². The molecular weight excluding hydrogens is 293 g/mol. The molecule has 0 bridgehead atoms. The van der Waals surface area contributed by atoms with E-state index in [4.69, 9.17) is 0 Å². The van der Waals surface area contributed by atoms with Crippen LogP contribution in [0.3, 0.4) is 0 Å². The zero-order valence-corrected chi connectivity index (χ0v) is 14.3. The maximum atomic E-state index is 10.1. The van der Waals surface area contributed by atoms with Gasteiger partial charge in [0.15, 0.2) is 6.71 Å². The van der Waals surface area contributed by atoms with Gasteiger partial charge in [0.1, 0.15) is 12.4 Å². The highest BCUT2D eigenvalue weighted by molar-refractivity contribution is 6.91. The van der Waals surface area contributed by atoms with Crippen molar-refractivity contribution >= 4 is 28.7 Å². The van der Waals surface area contributed by atoms with E-state index in [-0.39, 0.29) is 6.71 Å². The molecule has 1 aliphatic carbocycles. The topological polar surface area (TPSA) is 32.6 Å². The minimum atomic E-state index is -0.243. The number of nitrogens with zero attached hydrogens (tertiary/aromatic N) is 3.